The Kier molecular flexibility index (Phi) is 4.08. The van der Waals surface area contributed by atoms with Crippen LogP contribution in [0.1, 0.15) is 37.4 Å². The predicted octanol–water partition coefficient (Wildman–Crippen LogP) is 3.19. The Hall–Kier alpha value is -0.890. The van der Waals surface area contributed by atoms with E-state index in [1.165, 1.54) is 0 Å². The van der Waals surface area contributed by atoms with Crippen molar-refractivity contribution in [3.63, 3.8) is 0 Å². The third-order valence-electron chi connectivity index (χ3n) is 2.40. The lowest BCUT2D eigenvalue weighted by Crippen LogP contribution is -2.19. The van der Waals surface area contributed by atoms with Gasteiger partial charge in [-0.25, -0.2) is 4.39 Å². The van der Waals surface area contributed by atoms with Gasteiger partial charge >= 0.3 is 0 Å². The standard InChI is InChI=1S/C12H18FN/c1-4-7-14-10(3)11-6-5-9(2)12(13)8-11/h5-6,8,10,14H,4,7H2,1-3H3. The van der Waals surface area contributed by atoms with Gasteiger partial charge in [0, 0.05) is 6.04 Å². The predicted molar refractivity (Wildman–Crippen MR) is 57.8 cm³/mol. The lowest BCUT2D eigenvalue weighted by molar-refractivity contribution is 0.560. The fourth-order valence-electron chi connectivity index (χ4n) is 1.36. The van der Waals surface area contributed by atoms with Crippen LogP contribution < -0.4 is 5.32 Å². The number of nitrogens with one attached hydrogen (secondary N) is 1. The third kappa shape index (κ3) is 2.81. The summed E-state index contributed by atoms with van der Waals surface area (Å²) in [5, 5.41) is 3.33. The van der Waals surface area contributed by atoms with Crippen LogP contribution in [0.3, 0.4) is 0 Å². The first-order chi connectivity index (χ1) is 6.65. The third-order valence-corrected chi connectivity index (χ3v) is 2.40. The van der Waals surface area contributed by atoms with Crippen LogP contribution >= 0.6 is 0 Å². The van der Waals surface area contributed by atoms with E-state index in [1.807, 2.05) is 12.1 Å². The van der Waals surface area contributed by atoms with E-state index in [2.05, 4.69) is 19.2 Å². The topological polar surface area (TPSA) is 12.0 Å². The van der Waals surface area contributed by atoms with E-state index in [1.54, 1.807) is 13.0 Å². The highest BCUT2D eigenvalue weighted by Crippen LogP contribution is 2.15. The van der Waals surface area contributed by atoms with Gasteiger partial charge in [-0.15, -0.1) is 0 Å². The summed E-state index contributed by atoms with van der Waals surface area (Å²) in [5.74, 6) is -0.118. The molecule has 78 valence electrons. The van der Waals surface area contributed by atoms with Crippen LogP contribution in [0, 0.1) is 12.7 Å². The minimum atomic E-state index is -0.118. The van der Waals surface area contributed by atoms with Crippen molar-refractivity contribution in [1.82, 2.24) is 5.32 Å². The average Bonchev–Trinajstić information content (AvgIpc) is 2.18. The first kappa shape index (κ1) is 11.2. The fraction of sp³-hybridized carbons (Fsp3) is 0.500. The number of aryl methyl sites for hydroxylation is 1. The lowest BCUT2D eigenvalue weighted by Gasteiger charge is -2.13. The molecular formula is C12H18FN. The van der Waals surface area contributed by atoms with Crippen molar-refractivity contribution < 1.29 is 4.39 Å². The highest BCUT2D eigenvalue weighted by molar-refractivity contribution is 5.25. The Labute approximate surface area is 85.3 Å². The molecule has 0 aliphatic rings. The second-order valence-corrected chi connectivity index (χ2v) is 3.68. The Balaban J connectivity index is 2.70. The summed E-state index contributed by atoms with van der Waals surface area (Å²) in [4.78, 5) is 0. The molecule has 1 N–H and O–H groups in total. The molecule has 0 aliphatic heterocycles. The van der Waals surface area contributed by atoms with E-state index >= 15 is 0 Å². The van der Waals surface area contributed by atoms with Gasteiger partial charge in [-0.05, 0) is 44.0 Å². The first-order valence-electron chi connectivity index (χ1n) is 5.14. The summed E-state index contributed by atoms with van der Waals surface area (Å²) in [5.41, 5.74) is 1.72. The van der Waals surface area contributed by atoms with Crippen LogP contribution in [0.2, 0.25) is 0 Å². The molecule has 1 rings (SSSR count). The molecule has 0 radical (unpaired) electrons. The quantitative estimate of drug-likeness (QED) is 0.778. The lowest BCUT2D eigenvalue weighted by atomic mass is 10.1. The molecule has 0 saturated carbocycles. The van der Waals surface area contributed by atoms with Crippen LogP contribution in [-0.2, 0) is 0 Å². The van der Waals surface area contributed by atoms with Crippen molar-refractivity contribution in [2.75, 3.05) is 6.54 Å². The van der Waals surface area contributed by atoms with E-state index < -0.39 is 0 Å². The van der Waals surface area contributed by atoms with Gasteiger partial charge in [-0.1, -0.05) is 19.1 Å². The molecule has 1 aromatic carbocycles. The maximum absolute atomic E-state index is 13.2. The largest absolute Gasteiger partial charge is 0.310 e. The molecule has 0 aromatic heterocycles. The highest BCUT2D eigenvalue weighted by Gasteiger charge is 2.05. The van der Waals surface area contributed by atoms with Crippen LogP contribution in [0.15, 0.2) is 18.2 Å². The van der Waals surface area contributed by atoms with E-state index in [4.69, 9.17) is 0 Å². The van der Waals surface area contributed by atoms with Crippen molar-refractivity contribution in [3.8, 4) is 0 Å². The SMILES string of the molecule is CCCNC(C)c1ccc(C)c(F)c1. The molecule has 0 amide bonds. The Morgan fingerprint density at radius 2 is 2.14 bits per heavy atom. The van der Waals surface area contributed by atoms with E-state index in [-0.39, 0.29) is 11.9 Å². The normalized spacial score (nSPS) is 12.9. The molecule has 1 atom stereocenters. The zero-order valence-electron chi connectivity index (χ0n) is 9.10. The van der Waals surface area contributed by atoms with Gasteiger partial charge in [-0.2, -0.15) is 0 Å². The van der Waals surface area contributed by atoms with Crippen LogP contribution in [0.4, 0.5) is 4.39 Å². The van der Waals surface area contributed by atoms with Gasteiger partial charge < -0.3 is 5.32 Å². The smallest absolute Gasteiger partial charge is 0.126 e. The molecule has 1 unspecified atom stereocenters. The van der Waals surface area contributed by atoms with Crippen LogP contribution in [0.5, 0.6) is 0 Å². The Morgan fingerprint density at radius 3 is 2.71 bits per heavy atom. The molecule has 0 bridgehead atoms. The van der Waals surface area contributed by atoms with Gasteiger partial charge in [0.15, 0.2) is 0 Å². The molecule has 0 saturated heterocycles. The fourth-order valence-corrected chi connectivity index (χ4v) is 1.36. The van der Waals surface area contributed by atoms with Crippen LogP contribution in [0.25, 0.3) is 0 Å². The maximum Gasteiger partial charge on any atom is 0.126 e. The van der Waals surface area contributed by atoms with Crippen molar-refractivity contribution in [2.24, 2.45) is 0 Å². The van der Waals surface area contributed by atoms with E-state index in [0.717, 1.165) is 18.5 Å². The van der Waals surface area contributed by atoms with Gasteiger partial charge in [0.25, 0.3) is 0 Å². The number of benzene rings is 1. The van der Waals surface area contributed by atoms with Crippen molar-refractivity contribution in [1.29, 1.82) is 0 Å². The molecular weight excluding hydrogens is 177 g/mol. The molecule has 0 heterocycles. The zero-order valence-corrected chi connectivity index (χ0v) is 9.10. The van der Waals surface area contributed by atoms with E-state index in [9.17, 15) is 4.39 Å². The summed E-state index contributed by atoms with van der Waals surface area (Å²) in [6, 6.07) is 5.65. The van der Waals surface area contributed by atoms with Gasteiger partial charge in [0.2, 0.25) is 0 Å². The average molecular weight is 195 g/mol. The van der Waals surface area contributed by atoms with Crippen LogP contribution in [-0.4, -0.2) is 6.54 Å². The molecule has 1 nitrogen and oxygen atoms in total. The van der Waals surface area contributed by atoms with Crippen molar-refractivity contribution >= 4 is 0 Å². The number of halogens is 1. The minimum absolute atomic E-state index is 0.118. The second kappa shape index (κ2) is 5.11. The Morgan fingerprint density at radius 1 is 1.43 bits per heavy atom. The van der Waals surface area contributed by atoms with Gasteiger partial charge in [-0.3, -0.25) is 0 Å². The molecule has 14 heavy (non-hydrogen) atoms. The van der Waals surface area contributed by atoms with E-state index in [0.29, 0.717) is 5.56 Å². The second-order valence-electron chi connectivity index (χ2n) is 3.68. The Bertz CT molecular complexity index is 296. The molecule has 2 heteroatoms. The molecule has 0 aliphatic carbocycles. The summed E-state index contributed by atoms with van der Waals surface area (Å²) in [7, 11) is 0. The number of rotatable bonds is 4. The summed E-state index contributed by atoms with van der Waals surface area (Å²) >= 11 is 0. The first-order valence-corrected chi connectivity index (χ1v) is 5.14. The molecule has 1 aromatic rings. The highest BCUT2D eigenvalue weighted by atomic mass is 19.1. The maximum atomic E-state index is 13.2. The van der Waals surface area contributed by atoms with Crippen molar-refractivity contribution in [3.05, 3.63) is 35.1 Å². The summed E-state index contributed by atoms with van der Waals surface area (Å²) < 4.78 is 13.2. The summed E-state index contributed by atoms with van der Waals surface area (Å²) in [6.45, 7) is 6.93. The summed E-state index contributed by atoms with van der Waals surface area (Å²) in [6.07, 6.45) is 1.10. The molecule has 0 spiro atoms. The number of hydrogen-bond acceptors (Lipinski definition) is 1. The molecule has 0 fully saturated rings. The van der Waals surface area contributed by atoms with Gasteiger partial charge in [0.05, 0.1) is 0 Å². The van der Waals surface area contributed by atoms with Crippen molar-refractivity contribution in [2.45, 2.75) is 33.2 Å². The van der Waals surface area contributed by atoms with Gasteiger partial charge in [0.1, 0.15) is 5.82 Å². The number of hydrogen-bond donors (Lipinski definition) is 1. The minimum Gasteiger partial charge on any atom is -0.310 e. The zero-order chi connectivity index (χ0) is 10.6. The monoisotopic (exact) mass is 195 g/mol.